The van der Waals surface area contributed by atoms with Gasteiger partial charge in [0.15, 0.2) is 5.82 Å². The Bertz CT molecular complexity index is 661. The minimum atomic E-state index is 0.374. The second kappa shape index (κ2) is 7.19. The van der Waals surface area contributed by atoms with E-state index in [1.165, 1.54) is 6.42 Å². The van der Waals surface area contributed by atoms with Crippen molar-refractivity contribution in [3.63, 3.8) is 0 Å². The van der Waals surface area contributed by atoms with Crippen LogP contribution in [0.25, 0.3) is 0 Å². The van der Waals surface area contributed by atoms with Crippen molar-refractivity contribution in [1.29, 1.82) is 0 Å². The van der Waals surface area contributed by atoms with Crippen LogP contribution in [-0.2, 0) is 4.74 Å². The Morgan fingerprint density at radius 1 is 1.08 bits per heavy atom. The predicted molar refractivity (Wildman–Crippen MR) is 89.9 cm³/mol. The minimum Gasteiger partial charge on any atom is -0.381 e. The third-order valence-electron chi connectivity index (χ3n) is 4.78. The first kappa shape index (κ1) is 15.4. The lowest BCUT2D eigenvalue weighted by Crippen LogP contribution is -2.39. The van der Waals surface area contributed by atoms with Gasteiger partial charge in [-0.25, -0.2) is 15.0 Å². The summed E-state index contributed by atoms with van der Waals surface area (Å²) >= 11 is 0. The van der Waals surface area contributed by atoms with Crippen LogP contribution in [0, 0.1) is 0 Å². The lowest BCUT2D eigenvalue weighted by Gasteiger charge is -2.35. The van der Waals surface area contributed by atoms with Crippen LogP contribution in [0.5, 0.6) is 0 Å². The summed E-state index contributed by atoms with van der Waals surface area (Å²) in [4.78, 5) is 19.9. The number of likely N-dealkylation sites (tertiary alicyclic amines) is 1. The molecule has 24 heavy (non-hydrogen) atoms. The maximum atomic E-state index is 5.51. The highest BCUT2D eigenvalue weighted by Gasteiger charge is 2.33. The largest absolute Gasteiger partial charge is 0.381 e. The van der Waals surface area contributed by atoms with E-state index in [1.807, 2.05) is 12.3 Å². The third-order valence-corrected chi connectivity index (χ3v) is 4.78. The first-order chi connectivity index (χ1) is 11.9. The summed E-state index contributed by atoms with van der Waals surface area (Å²) in [6.45, 7) is 2.89. The molecule has 2 fully saturated rings. The van der Waals surface area contributed by atoms with Crippen LogP contribution >= 0.6 is 0 Å². The normalized spacial score (nSPS) is 22.6. The van der Waals surface area contributed by atoms with Gasteiger partial charge in [0.25, 0.3) is 0 Å². The summed E-state index contributed by atoms with van der Waals surface area (Å²) in [5.74, 6) is 1.23. The molecule has 4 heterocycles. The Morgan fingerprint density at radius 3 is 2.83 bits per heavy atom. The van der Waals surface area contributed by atoms with E-state index in [2.05, 4.69) is 25.2 Å². The number of nitrogens with one attached hydrogen (secondary N) is 1. The quantitative estimate of drug-likeness (QED) is 0.924. The number of aromatic nitrogens is 4. The Balaban J connectivity index is 1.51. The van der Waals surface area contributed by atoms with Crippen molar-refractivity contribution in [2.45, 2.75) is 37.8 Å². The maximum Gasteiger partial charge on any atom is 0.228 e. The topological polar surface area (TPSA) is 76.1 Å². The first-order valence-electron chi connectivity index (χ1n) is 8.59. The van der Waals surface area contributed by atoms with Gasteiger partial charge in [0.1, 0.15) is 0 Å². The van der Waals surface area contributed by atoms with Gasteiger partial charge in [-0.3, -0.25) is 9.88 Å². The summed E-state index contributed by atoms with van der Waals surface area (Å²) in [6.07, 6.45) is 11.4. The number of hydrogen-bond donors (Lipinski definition) is 1. The fourth-order valence-electron chi connectivity index (χ4n) is 3.66. The number of rotatable bonds is 4. The highest BCUT2D eigenvalue weighted by Crippen LogP contribution is 2.35. The number of hydrogen-bond acceptors (Lipinski definition) is 7. The van der Waals surface area contributed by atoms with Gasteiger partial charge < -0.3 is 10.1 Å². The molecule has 0 bridgehead atoms. The highest BCUT2D eigenvalue weighted by atomic mass is 16.5. The van der Waals surface area contributed by atoms with Crippen molar-refractivity contribution in [2.75, 3.05) is 25.1 Å². The van der Waals surface area contributed by atoms with Gasteiger partial charge in [-0.1, -0.05) is 0 Å². The second-order valence-corrected chi connectivity index (χ2v) is 6.26. The zero-order valence-electron chi connectivity index (χ0n) is 13.6. The maximum absolute atomic E-state index is 5.51. The summed E-state index contributed by atoms with van der Waals surface area (Å²) in [5, 5.41) is 3.13. The van der Waals surface area contributed by atoms with Crippen LogP contribution in [0.2, 0.25) is 0 Å². The molecule has 1 N–H and O–H groups in total. The predicted octanol–water partition coefficient (Wildman–Crippen LogP) is 2.33. The number of anilines is 2. The van der Waals surface area contributed by atoms with Crippen LogP contribution in [0.4, 0.5) is 11.8 Å². The van der Waals surface area contributed by atoms with Gasteiger partial charge in [0.05, 0.1) is 17.9 Å². The molecule has 4 rings (SSSR count). The van der Waals surface area contributed by atoms with E-state index in [0.29, 0.717) is 23.8 Å². The van der Waals surface area contributed by atoms with Gasteiger partial charge in [0, 0.05) is 37.8 Å². The zero-order valence-corrected chi connectivity index (χ0v) is 13.6. The van der Waals surface area contributed by atoms with Crippen molar-refractivity contribution in [1.82, 2.24) is 24.8 Å². The summed E-state index contributed by atoms with van der Waals surface area (Å²) in [5.41, 5.74) is 1.08. The molecule has 2 aromatic heterocycles. The van der Waals surface area contributed by atoms with Gasteiger partial charge in [0.2, 0.25) is 5.95 Å². The molecular weight excluding hydrogens is 304 g/mol. The van der Waals surface area contributed by atoms with E-state index in [-0.39, 0.29) is 0 Å². The molecule has 7 heteroatoms. The Labute approximate surface area is 141 Å². The average molecular weight is 326 g/mol. The summed E-state index contributed by atoms with van der Waals surface area (Å²) < 4.78 is 5.51. The van der Waals surface area contributed by atoms with E-state index in [1.54, 1.807) is 18.6 Å². The molecule has 2 saturated heterocycles. The molecule has 0 spiro atoms. The lowest BCUT2D eigenvalue weighted by atomic mass is 10.0. The molecular formula is C17H22N6O. The number of ether oxygens (including phenoxy) is 1. The van der Waals surface area contributed by atoms with E-state index in [4.69, 9.17) is 9.72 Å². The van der Waals surface area contributed by atoms with Gasteiger partial charge >= 0.3 is 0 Å². The van der Waals surface area contributed by atoms with E-state index in [9.17, 15) is 0 Å². The minimum absolute atomic E-state index is 0.374. The van der Waals surface area contributed by atoms with Crippen molar-refractivity contribution >= 4 is 11.8 Å². The highest BCUT2D eigenvalue weighted by molar-refractivity contribution is 5.45. The van der Waals surface area contributed by atoms with Crippen LogP contribution < -0.4 is 5.32 Å². The molecule has 0 aromatic carbocycles. The van der Waals surface area contributed by atoms with Gasteiger partial charge in [-0.2, -0.15) is 0 Å². The molecule has 1 unspecified atom stereocenters. The fourth-order valence-corrected chi connectivity index (χ4v) is 3.66. The Hall–Kier alpha value is -2.12. The molecule has 0 aliphatic carbocycles. The van der Waals surface area contributed by atoms with Crippen molar-refractivity contribution in [2.24, 2.45) is 0 Å². The first-order valence-corrected chi connectivity index (χ1v) is 8.59. The second-order valence-electron chi connectivity index (χ2n) is 6.26. The van der Waals surface area contributed by atoms with E-state index in [0.717, 1.165) is 44.7 Å². The summed E-state index contributed by atoms with van der Waals surface area (Å²) in [7, 11) is 0. The number of nitrogens with zero attached hydrogens (tertiary/aromatic N) is 5. The monoisotopic (exact) mass is 326 g/mol. The molecule has 2 aliphatic heterocycles. The van der Waals surface area contributed by atoms with Crippen molar-refractivity contribution < 1.29 is 4.74 Å². The van der Waals surface area contributed by atoms with Gasteiger partial charge in [-0.05, 0) is 38.3 Å². The zero-order chi connectivity index (χ0) is 16.2. The fraction of sp³-hybridized carbons (Fsp3) is 0.529. The van der Waals surface area contributed by atoms with Crippen LogP contribution in [0.1, 0.15) is 37.4 Å². The standard InChI is InChI=1S/C17H22N6O/c1-2-15(23(9-1)13-4-10-24-11-5-13)14-3-6-20-17(21-14)22-16-12-18-7-8-19-16/h3,6-8,12-13,15H,1-2,4-5,9-11H2,(H,19,20,21,22). The third kappa shape index (κ3) is 3.37. The average Bonchev–Trinajstić information content (AvgIpc) is 3.13. The molecule has 0 saturated carbocycles. The van der Waals surface area contributed by atoms with Gasteiger partial charge in [-0.15, -0.1) is 0 Å². The van der Waals surface area contributed by atoms with Crippen LogP contribution in [-0.4, -0.2) is 50.6 Å². The van der Waals surface area contributed by atoms with Crippen LogP contribution in [0.3, 0.4) is 0 Å². The summed E-state index contributed by atoms with van der Waals surface area (Å²) in [6, 6.07) is 3.01. The SMILES string of the molecule is c1cnc(Nc2nccc(C3CCCN3C3CCOCC3)n2)cn1. The molecule has 0 radical (unpaired) electrons. The molecule has 126 valence electrons. The Morgan fingerprint density at radius 2 is 2.00 bits per heavy atom. The Kier molecular flexibility index (Phi) is 4.62. The smallest absolute Gasteiger partial charge is 0.228 e. The molecule has 2 aliphatic rings. The van der Waals surface area contributed by atoms with Crippen molar-refractivity contribution in [3.8, 4) is 0 Å². The van der Waals surface area contributed by atoms with E-state index < -0.39 is 0 Å². The lowest BCUT2D eigenvalue weighted by molar-refractivity contribution is 0.0285. The molecule has 2 aromatic rings. The van der Waals surface area contributed by atoms with Crippen molar-refractivity contribution in [3.05, 3.63) is 36.5 Å². The van der Waals surface area contributed by atoms with E-state index >= 15 is 0 Å². The van der Waals surface area contributed by atoms with Crippen LogP contribution in [0.15, 0.2) is 30.9 Å². The molecule has 7 nitrogen and oxygen atoms in total. The molecule has 0 amide bonds. The molecule has 1 atom stereocenters.